The van der Waals surface area contributed by atoms with E-state index in [9.17, 15) is 4.79 Å². The molecule has 0 bridgehead atoms. The van der Waals surface area contributed by atoms with Crippen LogP contribution in [0.1, 0.15) is 38.4 Å². The van der Waals surface area contributed by atoms with Crippen LogP contribution in [0.15, 0.2) is 22.7 Å². The van der Waals surface area contributed by atoms with E-state index >= 15 is 0 Å². The maximum atomic E-state index is 10.9. The van der Waals surface area contributed by atoms with E-state index in [1.54, 1.807) is 0 Å². The van der Waals surface area contributed by atoms with Gasteiger partial charge in [-0.15, -0.1) is 0 Å². The van der Waals surface area contributed by atoms with Crippen LogP contribution in [0.2, 0.25) is 0 Å². The largest absolute Gasteiger partial charge is 0.492 e. The zero-order valence-electron chi connectivity index (χ0n) is 10.6. The number of hydrogen-bond acceptors (Lipinski definition) is 3. The van der Waals surface area contributed by atoms with Crippen LogP contribution in [0.3, 0.4) is 0 Å². The van der Waals surface area contributed by atoms with Crippen molar-refractivity contribution in [1.29, 1.82) is 0 Å². The topological polar surface area (TPSA) is 35.5 Å². The molecule has 18 heavy (non-hydrogen) atoms. The molecule has 0 saturated heterocycles. The molecule has 1 fully saturated rings. The van der Waals surface area contributed by atoms with Gasteiger partial charge in [-0.05, 0) is 59.3 Å². The Balaban J connectivity index is 2.00. The SMILES string of the molecule is CC(=O)OC(C)c1ccc(OCC2CC2)c(Br)c1. The molecular formula is C14H17BrO3. The van der Waals surface area contributed by atoms with Gasteiger partial charge in [0.15, 0.2) is 0 Å². The lowest BCUT2D eigenvalue weighted by molar-refractivity contribution is -0.145. The first-order valence-electron chi connectivity index (χ1n) is 6.15. The smallest absolute Gasteiger partial charge is 0.303 e. The van der Waals surface area contributed by atoms with Gasteiger partial charge in [-0.2, -0.15) is 0 Å². The van der Waals surface area contributed by atoms with Gasteiger partial charge in [0, 0.05) is 6.92 Å². The van der Waals surface area contributed by atoms with E-state index in [1.165, 1.54) is 19.8 Å². The maximum absolute atomic E-state index is 10.9. The minimum atomic E-state index is -0.271. The van der Waals surface area contributed by atoms with Gasteiger partial charge in [-0.25, -0.2) is 0 Å². The van der Waals surface area contributed by atoms with Crippen molar-refractivity contribution in [1.82, 2.24) is 0 Å². The molecule has 1 aromatic carbocycles. The van der Waals surface area contributed by atoms with Crippen molar-refractivity contribution >= 4 is 21.9 Å². The number of benzene rings is 1. The van der Waals surface area contributed by atoms with Crippen LogP contribution in [0.25, 0.3) is 0 Å². The van der Waals surface area contributed by atoms with Crippen molar-refractivity contribution in [2.75, 3.05) is 6.61 Å². The van der Waals surface area contributed by atoms with E-state index in [1.807, 2.05) is 25.1 Å². The molecule has 0 aliphatic heterocycles. The molecule has 0 radical (unpaired) electrons. The molecule has 2 rings (SSSR count). The zero-order chi connectivity index (χ0) is 13.1. The molecule has 1 aliphatic carbocycles. The second-order valence-electron chi connectivity index (χ2n) is 4.70. The third-order valence-corrected chi connectivity index (χ3v) is 3.56. The highest BCUT2D eigenvalue weighted by molar-refractivity contribution is 9.10. The van der Waals surface area contributed by atoms with Crippen LogP contribution in [0.5, 0.6) is 5.75 Å². The van der Waals surface area contributed by atoms with Crippen LogP contribution < -0.4 is 4.74 Å². The number of hydrogen-bond donors (Lipinski definition) is 0. The van der Waals surface area contributed by atoms with E-state index < -0.39 is 0 Å². The summed E-state index contributed by atoms with van der Waals surface area (Å²) in [5, 5.41) is 0. The number of halogens is 1. The standard InChI is InChI=1S/C14H17BrO3/c1-9(18-10(2)16)12-5-6-14(13(15)7-12)17-8-11-3-4-11/h5-7,9,11H,3-4,8H2,1-2H3. The predicted molar refractivity (Wildman–Crippen MR) is 72.5 cm³/mol. The lowest BCUT2D eigenvalue weighted by Crippen LogP contribution is -2.05. The van der Waals surface area contributed by atoms with Crippen LogP contribution in [-0.4, -0.2) is 12.6 Å². The number of carbonyl (C=O) groups is 1. The van der Waals surface area contributed by atoms with Crippen LogP contribution in [-0.2, 0) is 9.53 Å². The highest BCUT2D eigenvalue weighted by Gasteiger charge is 2.22. The summed E-state index contributed by atoms with van der Waals surface area (Å²) < 4.78 is 11.8. The molecule has 0 N–H and O–H groups in total. The zero-order valence-corrected chi connectivity index (χ0v) is 12.2. The molecule has 1 atom stereocenters. The van der Waals surface area contributed by atoms with Gasteiger partial charge in [-0.3, -0.25) is 4.79 Å². The van der Waals surface area contributed by atoms with Gasteiger partial charge >= 0.3 is 5.97 Å². The highest BCUT2D eigenvalue weighted by atomic mass is 79.9. The summed E-state index contributed by atoms with van der Waals surface area (Å²) in [7, 11) is 0. The summed E-state index contributed by atoms with van der Waals surface area (Å²) in [5.74, 6) is 1.31. The van der Waals surface area contributed by atoms with Crippen LogP contribution in [0.4, 0.5) is 0 Å². The van der Waals surface area contributed by atoms with Gasteiger partial charge in [0.2, 0.25) is 0 Å². The lowest BCUT2D eigenvalue weighted by atomic mass is 10.1. The number of ether oxygens (including phenoxy) is 2. The number of esters is 1. The minimum Gasteiger partial charge on any atom is -0.492 e. The van der Waals surface area contributed by atoms with Gasteiger partial charge in [0.25, 0.3) is 0 Å². The fraction of sp³-hybridized carbons (Fsp3) is 0.500. The van der Waals surface area contributed by atoms with E-state index in [2.05, 4.69) is 15.9 Å². The van der Waals surface area contributed by atoms with E-state index in [0.29, 0.717) is 0 Å². The quantitative estimate of drug-likeness (QED) is 0.774. The molecule has 3 nitrogen and oxygen atoms in total. The van der Waals surface area contributed by atoms with Crippen molar-refractivity contribution in [3.63, 3.8) is 0 Å². The van der Waals surface area contributed by atoms with Crippen LogP contribution >= 0.6 is 15.9 Å². The Kier molecular flexibility index (Phi) is 4.27. The molecule has 1 aliphatic rings. The normalized spacial score (nSPS) is 16.2. The van der Waals surface area contributed by atoms with E-state index in [4.69, 9.17) is 9.47 Å². The van der Waals surface area contributed by atoms with Crippen molar-refractivity contribution in [3.8, 4) is 5.75 Å². The lowest BCUT2D eigenvalue weighted by Gasteiger charge is -2.14. The summed E-state index contributed by atoms with van der Waals surface area (Å²) in [5.41, 5.74) is 0.954. The summed E-state index contributed by atoms with van der Waals surface area (Å²) in [6, 6.07) is 5.79. The molecular weight excluding hydrogens is 296 g/mol. The Morgan fingerprint density at radius 2 is 2.22 bits per heavy atom. The van der Waals surface area contributed by atoms with Crippen molar-refractivity contribution in [2.45, 2.75) is 32.8 Å². The minimum absolute atomic E-state index is 0.240. The first-order chi connectivity index (χ1) is 8.56. The first-order valence-corrected chi connectivity index (χ1v) is 6.95. The average Bonchev–Trinajstić information content (AvgIpc) is 3.10. The first kappa shape index (κ1) is 13.4. The molecule has 0 heterocycles. The van der Waals surface area contributed by atoms with Gasteiger partial charge in [-0.1, -0.05) is 6.07 Å². The van der Waals surface area contributed by atoms with Crippen molar-refractivity contribution < 1.29 is 14.3 Å². The van der Waals surface area contributed by atoms with Gasteiger partial charge in [0.05, 0.1) is 11.1 Å². The third-order valence-electron chi connectivity index (χ3n) is 2.94. The van der Waals surface area contributed by atoms with E-state index in [-0.39, 0.29) is 12.1 Å². The van der Waals surface area contributed by atoms with Gasteiger partial charge < -0.3 is 9.47 Å². The highest BCUT2D eigenvalue weighted by Crippen LogP contribution is 2.33. The molecule has 1 aromatic rings. The fourth-order valence-corrected chi connectivity index (χ4v) is 2.21. The van der Waals surface area contributed by atoms with Crippen molar-refractivity contribution in [2.24, 2.45) is 5.92 Å². The molecule has 4 heteroatoms. The summed E-state index contributed by atoms with van der Waals surface area (Å²) in [6.07, 6.45) is 2.31. The van der Waals surface area contributed by atoms with Crippen LogP contribution in [0, 0.1) is 5.92 Å². The monoisotopic (exact) mass is 312 g/mol. The summed E-state index contributed by atoms with van der Waals surface area (Å²) >= 11 is 3.49. The molecule has 1 saturated carbocycles. The molecule has 98 valence electrons. The molecule has 0 amide bonds. The average molecular weight is 313 g/mol. The second-order valence-corrected chi connectivity index (χ2v) is 5.55. The summed E-state index contributed by atoms with van der Waals surface area (Å²) in [6.45, 7) is 4.06. The molecule has 0 aromatic heterocycles. The van der Waals surface area contributed by atoms with Gasteiger partial charge in [0.1, 0.15) is 11.9 Å². The molecule has 1 unspecified atom stereocenters. The number of carbonyl (C=O) groups excluding carboxylic acids is 1. The second kappa shape index (κ2) is 5.74. The maximum Gasteiger partial charge on any atom is 0.303 e. The Morgan fingerprint density at radius 1 is 1.50 bits per heavy atom. The Hall–Kier alpha value is -1.03. The fourth-order valence-electron chi connectivity index (χ4n) is 1.70. The van der Waals surface area contributed by atoms with E-state index in [0.717, 1.165) is 28.3 Å². The Labute approximate surface area is 116 Å². The van der Waals surface area contributed by atoms with Crippen molar-refractivity contribution in [3.05, 3.63) is 28.2 Å². The summed E-state index contributed by atoms with van der Waals surface area (Å²) in [4.78, 5) is 10.9. The molecule has 0 spiro atoms. The number of rotatable bonds is 5. The Morgan fingerprint density at radius 3 is 2.78 bits per heavy atom. The third kappa shape index (κ3) is 3.73. The predicted octanol–water partition coefficient (Wildman–Crippen LogP) is 3.86. The Bertz CT molecular complexity index is 441.